The number of halogens is 1. The Morgan fingerprint density at radius 3 is 2.36 bits per heavy atom. The van der Waals surface area contributed by atoms with Gasteiger partial charge in [-0.05, 0) is 5.56 Å². The Morgan fingerprint density at radius 2 is 1.71 bits per heavy atom. The molecule has 0 bridgehead atoms. The van der Waals surface area contributed by atoms with Crippen molar-refractivity contribution < 1.29 is 4.52 Å². The molecule has 28 heavy (non-hydrogen) atoms. The Bertz CT molecular complexity index is 865. The Morgan fingerprint density at radius 1 is 1.07 bits per heavy atom. The maximum Gasteiger partial charge on any atom is 0.231 e. The van der Waals surface area contributed by atoms with Crippen LogP contribution >= 0.6 is 24.0 Å². The highest BCUT2D eigenvalue weighted by Crippen LogP contribution is 2.19. The van der Waals surface area contributed by atoms with Gasteiger partial charge in [0.1, 0.15) is 0 Å². The van der Waals surface area contributed by atoms with Crippen LogP contribution in [-0.2, 0) is 6.54 Å². The molecular formula is C21H26IN5O. The number of rotatable bonds is 6. The third-order valence-corrected chi connectivity index (χ3v) is 4.14. The Labute approximate surface area is 183 Å². The highest BCUT2D eigenvalue weighted by atomic mass is 127. The fourth-order valence-corrected chi connectivity index (χ4v) is 2.58. The van der Waals surface area contributed by atoms with E-state index in [1.165, 1.54) is 5.56 Å². The van der Waals surface area contributed by atoms with Gasteiger partial charge in [0.15, 0.2) is 5.96 Å². The Hall–Kier alpha value is -2.42. The molecule has 7 heteroatoms. The summed E-state index contributed by atoms with van der Waals surface area (Å²) in [6.45, 7) is 3.34. The van der Waals surface area contributed by atoms with Crippen molar-refractivity contribution in [1.82, 2.24) is 20.4 Å². The van der Waals surface area contributed by atoms with E-state index in [4.69, 9.17) is 4.52 Å². The van der Waals surface area contributed by atoms with Crippen LogP contribution in [0.5, 0.6) is 0 Å². The molecule has 0 fully saturated rings. The molecule has 0 aliphatic heterocycles. The summed E-state index contributed by atoms with van der Waals surface area (Å²) in [7, 11) is 3.95. The fraction of sp³-hybridized carbons (Fsp3) is 0.286. The maximum absolute atomic E-state index is 5.45. The Kier molecular flexibility index (Phi) is 8.43. The number of nitrogens with one attached hydrogen (secondary N) is 1. The average Bonchev–Trinajstić information content (AvgIpc) is 3.19. The first kappa shape index (κ1) is 21.9. The van der Waals surface area contributed by atoms with Gasteiger partial charge in [-0.1, -0.05) is 72.7 Å². The summed E-state index contributed by atoms with van der Waals surface area (Å²) in [5.41, 5.74) is 2.13. The van der Waals surface area contributed by atoms with Gasteiger partial charge in [-0.2, -0.15) is 4.98 Å². The minimum atomic E-state index is 0. The number of aromatic nitrogens is 2. The second kappa shape index (κ2) is 10.8. The number of nitrogens with zero attached hydrogens (tertiary/aromatic N) is 4. The lowest BCUT2D eigenvalue weighted by Gasteiger charge is -2.19. The van der Waals surface area contributed by atoms with Crippen LogP contribution in [0.1, 0.15) is 24.3 Å². The number of guanidine groups is 1. The van der Waals surface area contributed by atoms with Crippen LogP contribution < -0.4 is 5.32 Å². The highest BCUT2D eigenvalue weighted by molar-refractivity contribution is 14.0. The van der Waals surface area contributed by atoms with Crippen molar-refractivity contribution in [3.63, 3.8) is 0 Å². The van der Waals surface area contributed by atoms with Crippen LogP contribution in [0.4, 0.5) is 0 Å². The van der Waals surface area contributed by atoms with Gasteiger partial charge >= 0.3 is 0 Å². The zero-order valence-corrected chi connectivity index (χ0v) is 18.7. The molecule has 0 saturated heterocycles. The Balaban J connectivity index is 0.00000280. The smallest absolute Gasteiger partial charge is 0.231 e. The molecule has 1 heterocycles. The van der Waals surface area contributed by atoms with Gasteiger partial charge in [-0.25, -0.2) is 4.99 Å². The van der Waals surface area contributed by atoms with Crippen molar-refractivity contribution in [2.75, 3.05) is 20.6 Å². The molecule has 3 aromatic rings. The van der Waals surface area contributed by atoms with Crippen LogP contribution in [0, 0.1) is 0 Å². The molecule has 0 aliphatic rings. The third-order valence-electron chi connectivity index (χ3n) is 4.14. The number of hydrogen-bond acceptors (Lipinski definition) is 4. The molecule has 148 valence electrons. The molecular weight excluding hydrogens is 465 g/mol. The molecule has 1 unspecified atom stereocenters. The van der Waals surface area contributed by atoms with E-state index in [1.54, 1.807) is 0 Å². The van der Waals surface area contributed by atoms with Gasteiger partial charge in [0.25, 0.3) is 0 Å². The zero-order chi connectivity index (χ0) is 19.1. The predicted molar refractivity (Wildman–Crippen MR) is 123 cm³/mol. The number of benzene rings is 2. The fourth-order valence-electron chi connectivity index (χ4n) is 2.58. The van der Waals surface area contributed by atoms with Crippen molar-refractivity contribution >= 4 is 29.9 Å². The van der Waals surface area contributed by atoms with Gasteiger partial charge in [-0.3, -0.25) is 0 Å². The quantitative estimate of drug-likeness (QED) is 0.319. The summed E-state index contributed by atoms with van der Waals surface area (Å²) >= 11 is 0. The van der Waals surface area contributed by atoms with Gasteiger partial charge < -0.3 is 14.7 Å². The summed E-state index contributed by atoms with van der Waals surface area (Å²) in [5, 5.41) is 7.48. The number of hydrogen-bond donors (Lipinski definition) is 1. The minimum absolute atomic E-state index is 0. The van der Waals surface area contributed by atoms with Crippen molar-refractivity contribution in [3.8, 4) is 11.4 Å². The molecule has 1 atom stereocenters. The zero-order valence-electron chi connectivity index (χ0n) is 16.4. The molecule has 1 aromatic heterocycles. The largest absolute Gasteiger partial charge is 0.355 e. The van der Waals surface area contributed by atoms with Crippen LogP contribution in [0.2, 0.25) is 0 Å². The summed E-state index contributed by atoms with van der Waals surface area (Å²) in [6, 6.07) is 20.0. The standard InChI is InChI=1S/C21H25N5O.HI/c1-16(20-24-19(25-27-20)18-12-8-5-9-13-18)14-22-21(26(2)3)23-15-17-10-6-4-7-11-17;/h4-13,16H,14-15H2,1-3H3,(H,22,23);1H. The van der Waals surface area contributed by atoms with E-state index in [9.17, 15) is 0 Å². The van der Waals surface area contributed by atoms with E-state index >= 15 is 0 Å². The van der Waals surface area contributed by atoms with Gasteiger partial charge in [-0.15, -0.1) is 24.0 Å². The van der Waals surface area contributed by atoms with Crippen molar-refractivity contribution in [1.29, 1.82) is 0 Å². The van der Waals surface area contributed by atoms with E-state index < -0.39 is 0 Å². The van der Waals surface area contributed by atoms with Gasteiger partial charge in [0, 0.05) is 26.2 Å². The maximum atomic E-state index is 5.45. The summed E-state index contributed by atoms with van der Waals surface area (Å²) in [4.78, 5) is 11.2. The van der Waals surface area contributed by atoms with Crippen LogP contribution in [0.15, 0.2) is 70.2 Å². The molecule has 6 nitrogen and oxygen atoms in total. The lowest BCUT2D eigenvalue weighted by Crippen LogP contribution is -2.38. The van der Waals surface area contributed by atoms with E-state index in [0.717, 1.165) is 11.5 Å². The van der Waals surface area contributed by atoms with Crippen molar-refractivity contribution in [2.45, 2.75) is 19.4 Å². The first-order valence-corrected chi connectivity index (χ1v) is 9.02. The van der Waals surface area contributed by atoms with E-state index in [-0.39, 0.29) is 29.9 Å². The van der Waals surface area contributed by atoms with Gasteiger partial charge in [0.2, 0.25) is 11.7 Å². The molecule has 1 N–H and O–H groups in total. The van der Waals surface area contributed by atoms with Crippen LogP contribution in [0.25, 0.3) is 11.4 Å². The van der Waals surface area contributed by atoms with Crippen LogP contribution in [0.3, 0.4) is 0 Å². The first-order chi connectivity index (χ1) is 13.1. The molecule has 0 saturated carbocycles. The molecule has 0 spiro atoms. The number of aliphatic imine (C=N–C) groups is 1. The molecule has 0 aliphatic carbocycles. The summed E-state index contributed by atoms with van der Waals surface area (Å²) in [6.07, 6.45) is 0. The molecule has 0 amide bonds. The lowest BCUT2D eigenvalue weighted by atomic mass is 10.2. The van der Waals surface area contributed by atoms with Gasteiger partial charge in [0.05, 0.1) is 12.5 Å². The first-order valence-electron chi connectivity index (χ1n) is 9.02. The minimum Gasteiger partial charge on any atom is -0.355 e. The van der Waals surface area contributed by atoms with Crippen molar-refractivity contribution in [2.24, 2.45) is 4.99 Å². The summed E-state index contributed by atoms with van der Waals surface area (Å²) in [5.74, 6) is 2.12. The predicted octanol–water partition coefficient (Wildman–Crippen LogP) is 4.17. The van der Waals surface area contributed by atoms with Crippen LogP contribution in [-0.4, -0.2) is 41.6 Å². The molecule has 3 rings (SSSR count). The summed E-state index contributed by atoms with van der Waals surface area (Å²) < 4.78 is 5.45. The molecule has 0 radical (unpaired) electrons. The third kappa shape index (κ3) is 6.05. The normalized spacial score (nSPS) is 12.2. The van der Waals surface area contributed by atoms with E-state index in [2.05, 4.69) is 39.5 Å². The SMILES string of the molecule is CC(CNC(=NCc1ccccc1)N(C)C)c1nc(-c2ccccc2)no1.I. The lowest BCUT2D eigenvalue weighted by molar-refractivity contribution is 0.358. The van der Waals surface area contributed by atoms with E-state index in [1.807, 2.05) is 67.5 Å². The molecule has 2 aromatic carbocycles. The highest BCUT2D eigenvalue weighted by Gasteiger charge is 2.16. The average molecular weight is 491 g/mol. The van der Waals surface area contributed by atoms with E-state index in [0.29, 0.717) is 24.8 Å². The topological polar surface area (TPSA) is 66.6 Å². The van der Waals surface area contributed by atoms with Crippen molar-refractivity contribution in [3.05, 3.63) is 72.1 Å². The second-order valence-corrected chi connectivity index (χ2v) is 6.62. The second-order valence-electron chi connectivity index (χ2n) is 6.62. The monoisotopic (exact) mass is 491 g/mol.